The summed E-state index contributed by atoms with van der Waals surface area (Å²) in [5, 5.41) is 10.9. The maximum Gasteiger partial charge on any atom is 0.228 e. The lowest BCUT2D eigenvalue weighted by molar-refractivity contribution is -0.147. The van der Waals surface area contributed by atoms with Crippen LogP contribution in [0, 0.1) is 11.3 Å². The first-order valence-corrected chi connectivity index (χ1v) is 6.89. The number of amides is 1. The van der Waals surface area contributed by atoms with Crippen molar-refractivity contribution in [2.24, 2.45) is 11.3 Å². The highest BCUT2D eigenvalue weighted by Gasteiger charge is 2.46. The lowest BCUT2D eigenvalue weighted by Crippen LogP contribution is -2.52. The second-order valence-electron chi connectivity index (χ2n) is 6.33. The van der Waals surface area contributed by atoms with E-state index in [1.807, 2.05) is 45.6 Å². The molecule has 1 heterocycles. The van der Waals surface area contributed by atoms with E-state index in [0.717, 1.165) is 25.9 Å². The molecule has 0 aromatic rings. The number of hydrogen-bond acceptors (Lipinski definition) is 2. The van der Waals surface area contributed by atoms with Crippen LogP contribution in [-0.4, -0.2) is 34.6 Å². The number of carbonyl (C=O) groups excluding carboxylic acids is 1. The molecule has 3 heteroatoms. The molecule has 1 N–H and O–H groups in total. The zero-order valence-electron chi connectivity index (χ0n) is 12.4. The number of carbonyl (C=O) groups is 1. The minimum Gasteiger partial charge on any atom is -0.384 e. The number of nitrogens with zero attached hydrogens (tertiary/aromatic N) is 1. The Morgan fingerprint density at radius 3 is 2.17 bits per heavy atom. The maximum atomic E-state index is 12.4. The molecule has 2 unspecified atom stereocenters. The van der Waals surface area contributed by atoms with E-state index in [0.29, 0.717) is 0 Å². The van der Waals surface area contributed by atoms with Crippen molar-refractivity contribution in [3.05, 3.63) is 12.2 Å². The van der Waals surface area contributed by atoms with Crippen molar-refractivity contribution in [2.75, 3.05) is 13.1 Å². The summed E-state index contributed by atoms with van der Waals surface area (Å²) in [6, 6.07) is 0. The van der Waals surface area contributed by atoms with E-state index in [4.69, 9.17) is 0 Å². The van der Waals surface area contributed by atoms with Gasteiger partial charge in [0.1, 0.15) is 0 Å². The largest absolute Gasteiger partial charge is 0.384 e. The van der Waals surface area contributed by atoms with Crippen molar-refractivity contribution in [3.8, 4) is 0 Å². The number of likely N-dealkylation sites (tertiary alicyclic amines) is 1. The summed E-state index contributed by atoms with van der Waals surface area (Å²) in [6.45, 7) is 11.3. The smallest absolute Gasteiger partial charge is 0.228 e. The minimum absolute atomic E-state index is 0.0722. The molecule has 0 aromatic heterocycles. The van der Waals surface area contributed by atoms with Crippen LogP contribution >= 0.6 is 0 Å². The highest BCUT2D eigenvalue weighted by molar-refractivity contribution is 5.80. The van der Waals surface area contributed by atoms with Crippen molar-refractivity contribution in [1.82, 2.24) is 4.90 Å². The van der Waals surface area contributed by atoms with E-state index < -0.39 is 11.5 Å². The van der Waals surface area contributed by atoms with Gasteiger partial charge in [0.25, 0.3) is 0 Å². The minimum atomic E-state index is -1.10. The van der Waals surface area contributed by atoms with E-state index >= 15 is 0 Å². The zero-order valence-corrected chi connectivity index (χ0v) is 12.4. The Balaban J connectivity index is 2.95. The molecule has 0 aromatic carbocycles. The van der Waals surface area contributed by atoms with Crippen LogP contribution in [0.25, 0.3) is 0 Å². The Bertz CT molecular complexity index is 324. The first kappa shape index (κ1) is 15.2. The molecule has 1 rings (SSSR count). The summed E-state index contributed by atoms with van der Waals surface area (Å²) >= 11 is 0. The van der Waals surface area contributed by atoms with Crippen LogP contribution in [0.1, 0.15) is 47.5 Å². The molecule has 0 radical (unpaired) electrons. The topological polar surface area (TPSA) is 40.5 Å². The lowest BCUT2D eigenvalue weighted by Gasteiger charge is -2.43. The number of hydrogen-bond donors (Lipinski definition) is 1. The van der Waals surface area contributed by atoms with Crippen molar-refractivity contribution in [1.29, 1.82) is 0 Å². The van der Waals surface area contributed by atoms with Crippen molar-refractivity contribution < 1.29 is 9.90 Å². The van der Waals surface area contributed by atoms with Gasteiger partial charge in [0, 0.05) is 13.1 Å². The molecule has 0 spiro atoms. The van der Waals surface area contributed by atoms with Gasteiger partial charge in [-0.25, -0.2) is 0 Å². The van der Waals surface area contributed by atoms with Crippen LogP contribution < -0.4 is 0 Å². The SMILES string of the molecule is C/C=C\C(O)(C(C)C(=O)N1CCCC1)C(C)(C)C. The molecule has 0 aliphatic carbocycles. The molecular formula is C15H27NO2. The van der Waals surface area contributed by atoms with Crippen molar-refractivity contribution in [2.45, 2.75) is 53.1 Å². The highest BCUT2D eigenvalue weighted by Crippen LogP contribution is 2.39. The van der Waals surface area contributed by atoms with Gasteiger partial charge in [-0.05, 0) is 25.2 Å². The summed E-state index contributed by atoms with van der Waals surface area (Å²) in [5.74, 6) is -0.338. The fourth-order valence-corrected chi connectivity index (χ4v) is 2.70. The normalized spacial score (nSPS) is 22.2. The third kappa shape index (κ3) is 2.77. The number of allylic oxidation sites excluding steroid dienone is 1. The third-order valence-corrected chi connectivity index (χ3v) is 4.07. The van der Waals surface area contributed by atoms with Crippen LogP contribution in [0.2, 0.25) is 0 Å². The zero-order chi connectivity index (χ0) is 14.0. The van der Waals surface area contributed by atoms with Gasteiger partial charge in [-0.1, -0.05) is 39.8 Å². The Morgan fingerprint density at radius 2 is 1.78 bits per heavy atom. The monoisotopic (exact) mass is 253 g/mol. The summed E-state index contributed by atoms with van der Waals surface area (Å²) in [4.78, 5) is 14.3. The van der Waals surface area contributed by atoms with Crippen molar-refractivity contribution in [3.63, 3.8) is 0 Å². The Hall–Kier alpha value is -0.830. The summed E-state index contributed by atoms with van der Waals surface area (Å²) < 4.78 is 0. The van der Waals surface area contributed by atoms with E-state index in [-0.39, 0.29) is 11.3 Å². The molecule has 104 valence electrons. The molecule has 1 aliphatic rings. The van der Waals surface area contributed by atoms with E-state index in [1.165, 1.54) is 0 Å². The van der Waals surface area contributed by atoms with Gasteiger partial charge in [0.2, 0.25) is 5.91 Å². The molecule has 0 bridgehead atoms. The van der Waals surface area contributed by atoms with Gasteiger partial charge in [-0.3, -0.25) is 4.79 Å². The molecule has 18 heavy (non-hydrogen) atoms. The fraction of sp³-hybridized carbons (Fsp3) is 0.800. The average Bonchev–Trinajstić information content (AvgIpc) is 2.79. The van der Waals surface area contributed by atoms with Gasteiger partial charge in [0.05, 0.1) is 11.5 Å². The standard InChI is InChI=1S/C15H27NO2/c1-6-9-15(18,14(3,4)5)12(2)13(17)16-10-7-8-11-16/h6,9,12,18H,7-8,10-11H2,1-5H3/b9-6-. The van der Waals surface area contributed by atoms with Crippen LogP contribution in [-0.2, 0) is 4.79 Å². The second kappa shape index (κ2) is 5.43. The lowest BCUT2D eigenvalue weighted by atomic mass is 9.68. The molecule has 3 nitrogen and oxygen atoms in total. The van der Waals surface area contributed by atoms with Gasteiger partial charge in [0.15, 0.2) is 0 Å². The maximum absolute atomic E-state index is 12.4. The number of rotatable bonds is 3. The van der Waals surface area contributed by atoms with E-state index in [9.17, 15) is 9.90 Å². The summed E-state index contributed by atoms with van der Waals surface area (Å²) in [5.41, 5.74) is -1.46. The predicted octanol–water partition coefficient (Wildman–Crippen LogP) is 2.60. The third-order valence-electron chi connectivity index (χ3n) is 4.07. The van der Waals surface area contributed by atoms with E-state index in [1.54, 1.807) is 6.08 Å². The summed E-state index contributed by atoms with van der Waals surface area (Å²) in [6.07, 6.45) is 5.76. The molecule has 1 saturated heterocycles. The molecule has 0 saturated carbocycles. The molecule has 1 amide bonds. The van der Waals surface area contributed by atoms with Crippen LogP contribution in [0.4, 0.5) is 0 Å². The van der Waals surface area contributed by atoms with Gasteiger partial charge in [-0.2, -0.15) is 0 Å². The number of aliphatic hydroxyl groups is 1. The molecule has 2 atom stereocenters. The molecule has 1 fully saturated rings. The first-order valence-electron chi connectivity index (χ1n) is 6.89. The summed E-state index contributed by atoms with van der Waals surface area (Å²) in [7, 11) is 0. The van der Waals surface area contributed by atoms with Gasteiger partial charge < -0.3 is 10.0 Å². The Morgan fingerprint density at radius 1 is 1.28 bits per heavy atom. The van der Waals surface area contributed by atoms with Crippen LogP contribution in [0.3, 0.4) is 0 Å². The first-order chi connectivity index (χ1) is 8.24. The second-order valence-corrected chi connectivity index (χ2v) is 6.33. The van der Waals surface area contributed by atoms with Crippen LogP contribution in [0.15, 0.2) is 12.2 Å². The average molecular weight is 253 g/mol. The van der Waals surface area contributed by atoms with Gasteiger partial charge >= 0.3 is 0 Å². The Labute approximate surface area is 111 Å². The molecule has 1 aliphatic heterocycles. The predicted molar refractivity (Wildman–Crippen MR) is 74.2 cm³/mol. The molecular weight excluding hydrogens is 226 g/mol. The van der Waals surface area contributed by atoms with Crippen molar-refractivity contribution >= 4 is 5.91 Å². The van der Waals surface area contributed by atoms with Crippen LogP contribution in [0.5, 0.6) is 0 Å². The Kier molecular flexibility index (Phi) is 4.60. The highest BCUT2D eigenvalue weighted by atomic mass is 16.3. The fourth-order valence-electron chi connectivity index (χ4n) is 2.70. The van der Waals surface area contributed by atoms with Gasteiger partial charge in [-0.15, -0.1) is 0 Å². The van der Waals surface area contributed by atoms with E-state index in [2.05, 4.69) is 0 Å². The quantitative estimate of drug-likeness (QED) is 0.785.